The molecule has 1 spiro atoms. The van der Waals surface area contributed by atoms with Gasteiger partial charge in [-0.15, -0.1) is 0 Å². The van der Waals surface area contributed by atoms with E-state index in [2.05, 4.69) is 24.0 Å². The number of piperidine rings is 1. The largest absolute Gasteiger partial charge is 0.486 e. The number of aliphatic hydroxyl groups is 1. The Morgan fingerprint density at radius 1 is 1.25 bits per heavy atom. The summed E-state index contributed by atoms with van der Waals surface area (Å²) in [6.45, 7) is 4.66. The number of aliphatic hydroxyl groups excluding tert-OH is 1. The Morgan fingerprint density at radius 3 is 2.96 bits per heavy atom. The predicted octanol–water partition coefficient (Wildman–Crippen LogP) is 2.81. The number of hydrogen-bond donors (Lipinski definition) is 1. The van der Waals surface area contributed by atoms with E-state index in [1.54, 1.807) is 0 Å². The lowest BCUT2D eigenvalue weighted by atomic mass is 9.51. The molecular weight excluding hydrogens is 298 g/mol. The molecule has 3 heteroatoms. The molecule has 1 saturated heterocycles. The van der Waals surface area contributed by atoms with Crippen LogP contribution in [0.15, 0.2) is 12.1 Å². The summed E-state index contributed by atoms with van der Waals surface area (Å²) in [5.41, 5.74) is 4.35. The third-order valence-corrected chi connectivity index (χ3v) is 7.81. The first-order valence-corrected chi connectivity index (χ1v) is 9.90. The highest BCUT2D eigenvalue weighted by Gasteiger charge is 2.65. The van der Waals surface area contributed by atoms with Crippen molar-refractivity contribution in [1.82, 2.24) is 4.90 Å². The monoisotopic (exact) mass is 325 g/mol. The molecule has 128 valence electrons. The Labute approximate surface area is 144 Å². The van der Waals surface area contributed by atoms with Crippen LogP contribution in [-0.4, -0.2) is 41.3 Å². The van der Waals surface area contributed by atoms with Crippen molar-refractivity contribution >= 4 is 0 Å². The summed E-state index contributed by atoms with van der Waals surface area (Å²) in [5, 5.41) is 10.8. The maximum Gasteiger partial charge on any atom is 0.135 e. The number of benzene rings is 1. The fourth-order valence-corrected chi connectivity index (χ4v) is 6.60. The van der Waals surface area contributed by atoms with Gasteiger partial charge in [-0.1, -0.05) is 12.1 Å². The van der Waals surface area contributed by atoms with E-state index in [9.17, 15) is 5.11 Å². The molecule has 5 atom stereocenters. The van der Waals surface area contributed by atoms with Crippen LogP contribution in [0.1, 0.15) is 48.8 Å². The van der Waals surface area contributed by atoms with E-state index in [0.29, 0.717) is 12.0 Å². The van der Waals surface area contributed by atoms with Crippen LogP contribution in [0.5, 0.6) is 5.75 Å². The minimum atomic E-state index is -0.297. The van der Waals surface area contributed by atoms with E-state index < -0.39 is 0 Å². The quantitative estimate of drug-likeness (QED) is 0.907. The highest BCUT2D eigenvalue weighted by molar-refractivity contribution is 5.58. The molecule has 24 heavy (non-hydrogen) atoms. The molecule has 0 aromatic heterocycles. The maximum absolute atomic E-state index is 10.8. The number of aryl methyl sites for hydroxylation is 1. The number of ether oxygens (including phenoxy) is 1. The highest BCUT2D eigenvalue weighted by Crippen LogP contribution is 2.62. The summed E-state index contributed by atoms with van der Waals surface area (Å²) >= 11 is 0. The fourth-order valence-electron chi connectivity index (χ4n) is 6.60. The predicted molar refractivity (Wildman–Crippen MR) is 92.4 cm³/mol. The van der Waals surface area contributed by atoms with E-state index in [4.69, 9.17) is 4.74 Å². The first kappa shape index (κ1) is 14.1. The average Bonchev–Trinajstić information content (AvgIpc) is 3.32. The summed E-state index contributed by atoms with van der Waals surface area (Å²) in [6, 6.07) is 5.25. The average molecular weight is 325 g/mol. The van der Waals surface area contributed by atoms with Crippen LogP contribution in [0.2, 0.25) is 0 Å². The van der Waals surface area contributed by atoms with Crippen molar-refractivity contribution in [2.75, 3.05) is 13.1 Å². The smallest absolute Gasteiger partial charge is 0.135 e. The second kappa shape index (κ2) is 4.56. The van der Waals surface area contributed by atoms with Gasteiger partial charge in [0.05, 0.1) is 6.10 Å². The van der Waals surface area contributed by atoms with E-state index in [1.165, 1.54) is 61.9 Å². The molecule has 1 aromatic rings. The molecule has 3 fully saturated rings. The topological polar surface area (TPSA) is 32.7 Å². The van der Waals surface area contributed by atoms with Crippen LogP contribution in [0, 0.1) is 18.8 Å². The molecule has 2 aliphatic heterocycles. The molecule has 0 radical (unpaired) electrons. The minimum absolute atomic E-state index is 0.00280. The van der Waals surface area contributed by atoms with E-state index in [1.807, 2.05) is 0 Å². The van der Waals surface area contributed by atoms with Crippen LogP contribution in [0.4, 0.5) is 0 Å². The summed E-state index contributed by atoms with van der Waals surface area (Å²) < 4.78 is 6.48. The molecule has 1 N–H and O–H groups in total. The molecule has 0 amide bonds. The van der Waals surface area contributed by atoms with Gasteiger partial charge in [0.1, 0.15) is 11.9 Å². The maximum atomic E-state index is 10.8. The van der Waals surface area contributed by atoms with E-state index in [-0.39, 0.29) is 17.6 Å². The summed E-state index contributed by atoms with van der Waals surface area (Å²) in [4.78, 5) is 2.81. The molecule has 6 rings (SSSR count). The molecule has 3 aliphatic carbocycles. The van der Waals surface area contributed by atoms with Crippen LogP contribution in [0.3, 0.4) is 0 Å². The lowest BCUT2D eigenvalue weighted by Crippen LogP contribution is -2.67. The normalized spacial score (nSPS) is 42.6. The van der Waals surface area contributed by atoms with Gasteiger partial charge in [0, 0.05) is 23.6 Å². The zero-order chi connectivity index (χ0) is 16.1. The molecule has 2 saturated carbocycles. The van der Waals surface area contributed by atoms with Gasteiger partial charge in [-0.2, -0.15) is 0 Å². The Kier molecular flexibility index (Phi) is 2.69. The number of nitrogens with zero attached hydrogens (tertiary/aromatic N) is 1. The Morgan fingerprint density at radius 2 is 2.12 bits per heavy atom. The van der Waals surface area contributed by atoms with Crippen LogP contribution < -0.4 is 4.74 Å². The van der Waals surface area contributed by atoms with Crippen molar-refractivity contribution in [2.45, 2.75) is 69.1 Å². The lowest BCUT2D eigenvalue weighted by molar-refractivity contribution is -0.104. The summed E-state index contributed by atoms with van der Waals surface area (Å²) in [7, 11) is 0. The van der Waals surface area contributed by atoms with Crippen LogP contribution >= 0.6 is 0 Å². The number of rotatable bonds is 2. The fraction of sp³-hybridized carbons (Fsp3) is 0.714. The van der Waals surface area contributed by atoms with Gasteiger partial charge in [0.25, 0.3) is 0 Å². The van der Waals surface area contributed by atoms with Crippen molar-refractivity contribution < 1.29 is 9.84 Å². The number of likely N-dealkylation sites (tertiary alicyclic amines) is 1. The molecule has 3 nitrogen and oxygen atoms in total. The third kappa shape index (κ3) is 1.61. The van der Waals surface area contributed by atoms with Gasteiger partial charge in [-0.25, -0.2) is 0 Å². The second-order valence-corrected chi connectivity index (χ2v) is 9.04. The zero-order valence-corrected chi connectivity index (χ0v) is 14.5. The van der Waals surface area contributed by atoms with Crippen LogP contribution in [-0.2, 0) is 11.8 Å². The lowest BCUT2D eigenvalue weighted by Gasteiger charge is -2.59. The van der Waals surface area contributed by atoms with Gasteiger partial charge in [0.15, 0.2) is 0 Å². The van der Waals surface area contributed by atoms with Gasteiger partial charge >= 0.3 is 0 Å². The third-order valence-electron chi connectivity index (χ3n) is 7.81. The van der Waals surface area contributed by atoms with E-state index in [0.717, 1.165) is 18.1 Å². The van der Waals surface area contributed by atoms with Crippen molar-refractivity contribution in [2.24, 2.45) is 11.8 Å². The van der Waals surface area contributed by atoms with Gasteiger partial charge < -0.3 is 9.84 Å². The van der Waals surface area contributed by atoms with Gasteiger partial charge in [-0.3, -0.25) is 4.90 Å². The van der Waals surface area contributed by atoms with Crippen molar-refractivity contribution in [3.63, 3.8) is 0 Å². The molecular formula is C21H27NO2. The van der Waals surface area contributed by atoms with Crippen molar-refractivity contribution in [3.8, 4) is 5.75 Å². The second-order valence-electron chi connectivity index (χ2n) is 9.04. The molecule has 2 unspecified atom stereocenters. The molecule has 5 aliphatic rings. The van der Waals surface area contributed by atoms with Crippen molar-refractivity contribution in [3.05, 3.63) is 28.8 Å². The number of hydrogen-bond acceptors (Lipinski definition) is 3. The molecule has 1 aromatic carbocycles. The van der Waals surface area contributed by atoms with Crippen molar-refractivity contribution in [1.29, 1.82) is 0 Å². The zero-order valence-electron chi connectivity index (χ0n) is 14.5. The van der Waals surface area contributed by atoms with Gasteiger partial charge in [0.2, 0.25) is 0 Å². The summed E-state index contributed by atoms with van der Waals surface area (Å²) in [5.74, 6) is 2.75. The highest BCUT2D eigenvalue weighted by atomic mass is 16.5. The Balaban J connectivity index is 1.52. The van der Waals surface area contributed by atoms with E-state index >= 15 is 0 Å². The first-order valence-electron chi connectivity index (χ1n) is 9.90. The molecule has 2 bridgehead atoms. The van der Waals surface area contributed by atoms with Crippen LogP contribution in [0.25, 0.3) is 0 Å². The SMILES string of the molecule is Cc1ccc2c3c1OC1[C@@H](O)CC[C@@H]4[C@H](C2)N(CC2CC2)CCC314. The Hall–Kier alpha value is -1.06. The first-order chi connectivity index (χ1) is 11.7. The molecule has 2 heterocycles. The Bertz CT molecular complexity index is 712. The minimum Gasteiger partial charge on any atom is -0.486 e. The van der Waals surface area contributed by atoms with Gasteiger partial charge in [-0.05, 0) is 75.0 Å². The standard InChI is InChI=1S/C21H27NO2/c1-12-2-5-14-10-16-15-6-7-17(23)20-21(15,18(14)19(12)24-20)8-9-22(16)11-13-3-4-13/h2,5,13,15-17,20,23H,3-4,6-11H2,1H3/t15-,16+,17+,20?,21?/m1/s1. The summed E-state index contributed by atoms with van der Waals surface area (Å²) in [6.07, 6.45) is 7.01.